The number of anilines is 1. The van der Waals surface area contributed by atoms with Crippen molar-refractivity contribution in [3.05, 3.63) is 65.2 Å². The molecule has 184 valence electrons. The number of nitrogens with one attached hydrogen (secondary N) is 1. The van der Waals surface area contributed by atoms with E-state index in [1.807, 2.05) is 18.2 Å². The largest absolute Gasteiger partial charge is 0.388 e. The SMILES string of the molecule is CCC1C2CN(CC3(O)Cc4cc(F)c(F)cc4C3)CC12.O=S(=O)(Nc1ccccc1)C1CC1. The Morgan fingerprint density at radius 2 is 1.59 bits per heavy atom. The first-order chi connectivity index (χ1) is 16.2. The van der Waals surface area contributed by atoms with Gasteiger partial charge in [0.05, 0.1) is 10.9 Å². The van der Waals surface area contributed by atoms with E-state index >= 15 is 0 Å². The van der Waals surface area contributed by atoms with Gasteiger partial charge in [0.1, 0.15) is 0 Å². The summed E-state index contributed by atoms with van der Waals surface area (Å²) in [5.41, 5.74) is 1.30. The number of para-hydroxylation sites is 1. The third kappa shape index (κ3) is 4.99. The summed E-state index contributed by atoms with van der Waals surface area (Å²) in [4.78, 5) is 2.33. The summed E-state index contributed by atoms with van der Waals surface area (Å²) >= 11 is 0. The molecule has 2 atom stereocenters. The summed E-state index contributed by atoms with van der Waals surface area (Å²) in [5, 5.41) is 10.6. The molecular weight excluding hydrogens is 458 g/mol. The van der Waals surface area contributed by atoms with Crippen LogP contribution in [0.2, 0.25) is 0 Å². The number of aliphatic hydroxyl groups is 1. The predicted octanol–water partition coefficient (Wildman–Crippen LogP) is 3.97. The number of fused-ring (bicyclic) bond motifs is 2. The molecule has 4 aliphatic rings. The normalized spacial score (nSPS) is 26.9. The fourth-order valence-corrected chi connectivity index (χ4v) is 7.25. The van der Waals surface area contributed by atoms with Gasteiger partial charge in [-0.3, -0.25) is 9.62 Å². The van der Waals surface area contributed by atoms with Gasteiger partial charge in [0.25, 0.3) is 0 Å². The Bertz CT molecular complexity index is 1110. The molecule has 2 N–H and O–H groups in total. The summed E-state index contributed by atoms with van der Waals surface area (Å²) in [6.45, 7) is 5.01. The van der Waals surface area contributed by atoms with Crippen molar-refractivity contribution in [2.75, 3.05) is 24.4 Å². The highest BCUT2D eigenvalue weighted by Crippen LogP contribution is 2.53. The highest BCUT2D eigenvalue weighted by atomic mass is 32.2. The van der Waals surface area contributed by atoms with Crippen molar-refractivity contribution in [3.63, 3.8) is 0 Å². The first-order valence-corrected chi connectivity index (χ1v) is 13.7. The van der Waals surface area contributed by atoms with E-state index in [4.69, 9.17) is 0 Å². The Kier molecular flexibility index (Phi) is 6.19. The molecule has 2 aromatic carbocycles. The summed E-state index contributed by atoms with van der Waals surface area (Å²) in [6.07, 6.45) is 3.72. The van der Waals surface area contributed by atoms with E-state index in [9.17, 15) is 22.3 Å². The van der Waals surface area contributed by atoms with E-state index in [0.29, 0.717) is 25.1 Å². The molecule has 1 heterocycles. The lowest BCUT2D eigenvalue weighted by Crippen LogP contribution is -2.44. The fourth-order valence-electron chi connectivity index (χ4n) is 5.86. The average Bonchev–Trinajstić information content (AvgIpc) is 3.67. The van der Waals surface area contributed by atoms with E-state index < -0.39 is 27.3 Å². The quantitative estimate of drug-likeness (QED) is 0.643. The van der Waals surface area contributed by atoms with Crippen LogP contribution >= 0.6 is 0 Å². The third-order valence-electron chi connectivity index (χ3n) is 7.71. The molecule has 6 rings (SSSR count). The zero-order valence-corrected chi connectivity index (χ0v) is 20.2. The van der Waals surface area contributed by atoms with Gasteiger partial charge < -0.3 is 5.11 Å². The molecule has 3 fully saturated rings. The lowest BCUT2D eigenvalue weighted by Gasteiger charge is -2.30. The zero-order chi connectivity index (χ0) is 24.1. The maximum atomic E-state index is 13.3. The minimum atomic E-state index is -3.09. The monoisotopic (exact) mass is 490 g/mol. The van der Waals surface area contributed by atoms with Crippen LogP contribution in [0.1, 0.15) is 37.3 Å². The van der Waals surface area contributed by atoms with Crippen LogP contribution in [0, 0.1) is 29.4 Å². The minimum absolute atomic E-state index is 0.160. The molecule has 0 aromatic heterocycles. The van der Waals surface area contributed by atoms with Gasteiger partial charge in [0.2, 0.25) is 10.0 Å². The van der Waals surface area contributed by atoms with Crippen molar-refractivity contribution in [2.24, 2.45) is 17.8 Å². The highest BCUT2D eigenvalue weighted by molar-refractivity contribution is 7.93. The number of benzene rings is 2. The van der Waals surface area contributed by atoms with Gasteiger partial charge in [-0.25, -0.2) is 17.2 Å². The zero-order valence-electron chi connectivity index (χ0n) is 19.4. The molecule has 2 aromatic rings. The molecule has 0 bridgehead atoms. The van der Waals surface area contributed by atoms with Crippen LogP contribution in [0.4, 0.5) is 14.5 Å². The van der Waals surface area contributed by atoms with Crippen LogP contribution in [-0.2, 0) is 22.9 Å². The second kappa shape index (κ2) is 8.88. The van der Waals surface area contributed by atoms with E-state index in [-0.39, 0.29) is 5.25 Å². The molecule has 2 saturated carbocycles. The number of piperidine rings is 1. The Balaban J connectivity index is 0.000000159. The Hall–Kier alpha value is -2.03. The van der Waals surface area contributed by atoms with E-state index in [2.05, 4.69) is 16.5 Å². The van der Waals surface area contributed by atoms with E-state index in [1.54, 1.807) is 12.1 Å². The van der Waals surface area contributed by atoms with E-state index in [1.165, 1.54) is 18.6 Å². The topological polar surface area (TPSA) is 69.6 Å². The molecule has 1 aliphatic heterocycles. The first-order valence-electron chi connectivity index (χ1n) is 12.2. The second-order valence-electron chi connectivity index (χ2n) is 10.4. The number of nitrogens with zero attached hydrogens (tertiary/aromatic N) is 1. The molecule has 8 heteroatoms. The Morgan fingerprint density at radius 1 is 1.03 bits per heavy atom. The number of rotatable bonds is 6. The number of hydrogen-bond donors (Lipinski definition) is 2. The number of hydrogen-bond acceptors (Lipinski definition) is 4. The Morgan fingerprint density at radius 3 is 2.09 bits per heavy atom. The van der Waals surface area contributed by atoms with Crippen molar-refractivity contribution < 1.29 is 22.3 Å². The summed E-state index contributed by atoms with van der Waals surface area (Å²) in [5.74, 6) is 0.895. The molecule has 34 heavy (non-hydrogen) atoms. The van der Waals surface area contributed by atoms with Crippen molar-refractivity contribution in [1.29, 1.82) is 0 Å². The van der Waals surface area contributed by atoms with Crippen LogP contribution in [0.5, 0.6) is 0 Å². The number of likely N-dealkylation sites (tertiary alicyclic amines) is 1. The van der Waals surface area contributed by atoms with E-state index in [0.717, 1.165) is 54.8 Å². The summed E-state index contributed by atoms with van der Waals surface area (Å²) in [7, 11) is -3.09. The van der Waals surface area contributed by atoms with Crippen LogP contribution in [0.3, 0.4) is 0 Å². The molecule has 1 saturated heterocycles. The molecule has 2 unspecified atom stereocenters. The smallest absolute Gasteiger partial charge is 0.235 e. The lowest BCUT2D eigenvalue weighted by atomic mass is 9.99. The lowest BCUT2D eigenvalue weighted by molar-refractivity contribution is 0.0146. The summed E-state index contributed by atoms with van der Waals surface area (Å²) < 4.78 is 52.1. The van der Waals surface area contributed by atoms with Crippen LogP contribution < -0.4 is 4.72 Å². The first kappa shape index (κ1) is 23.7. The van der Waals surface area contributed by atoms with Gasteiger partial charge in [-0.15, -0.1) is 0 Å². The Labute approximate surface area is 200 Å². The van der Waals surface area contributed by atoms with Crippen molar-refractivity contribution >= 4 is 15.7 Å². The molecule has 0 radical (unpaired) electrons. The summed E-state index contributed by atoms with van der Waals surface area (Å²) in [6, 6.07) is 11.5. The minimum Gasteiger partial charge on any atom is -0.388 e. The fraction of sp³-hybridized carbons (Fsp3) is 0.538. The van der Waals surface area contributed by atoms with Gasteiger partial charge >= 0.3 is 0 Å². The van der Waals surface area contributed by atoms with Crippen molar-refractivity contribution in [1.82, 2.24) is 4.90 Å². The molecule has 5 nitrogen and oxygen atoms in total. The van der Waals surface area contributed by atoms with Gasteiger partial charge in [-0.2, -0.15) is 0 Å². The standard InChI is InChI=1S/C17H21F2NO.C9H11NO2S/c1-2-12-13-7-20(8-14(12)13)9-17(21)5-10-3-15(18)16(19)4-11(10)6-17;11-13(12,9-6-7-9)10-8-4-2-1-3-5-8/h3-4,12-14,21H,2,5-9H2,1H3;1-5,9-10H,6-7H2. The van der Waals surface area contributed by atoms with Gasteiger partial charge in [-0.05, 0) is 66.0 Å². The number of sulfonamides is 1. The van der Waals surface area contributed by atoms with Gasteiger partial charge in [0, 0.05) is 38.2 Å². The highest BCUT2D eigenvalue weighted by Gasteiger charge is 2.55. The van der Waals surface area contributed by atoms with Gasteiger partial charge in [0.15, 0.2) is 11.6 Å². The molecule has 0 spiro atoms. The number of β-amino-alcohol motifs (C(OH)–C–C–N with tert-alkyl or cyclic N) is 1. The van der Waals surface area contributed by atoms with Gasteiger partial charge in [-0.1, -0.05) is 31.5 Å². The van der Waals surface area contributed by atoms with Crippen molar-refractivity contribution in [2.45, 2.75) is 49.9 Å². The van der Waals surface area contributed by atoms with Crippen molar-refractivity contribution in [3.8, 4) is 0 Å². The predicted molar refractivity (Wildman–Crippen MR) is 128 cm³/mol. The molecule has 0 amide bonds. The van der Waals surface area contributed by atoms with Crippen LogP contribution in [-0.4, -0.2) is 48.9 Å². The number of halogens is 2. The average molecular weight is 491 g/mol. The van der Waals surface area contributed by atoms with Crippen LogP contribution in [0.15, 0.2) is 42.5 Å². The molecular formula is C26H32F2N2O3S. The third-order valence-corrected chi connectivity index (χ3v) is 9.58. The van der Waals surface area contributed by atoms with Crippen LogP contribution in [0.25, 0.3) is 0 Å². The maximum Gasteiger partial charge on any atom is 0.235 e. The molecule has 3 aliphatic carbocycles. The second-order valence-corrected chi connectivity index (χ2v) is 12.4. The maximum absolute atomic E-state index is 13.3.